The van der Waals surface area contributed by atoms with Crippen LogP contribution in [0.25, 0.3) is 10.9 Å². The van der Waals surface area contributed by atoms with Crippen LogP contribution in [-0.2, 0) is 20.7 Å². The number of unbranched alkanes of at least 4 members (excludes halogenated alkanes) is 20. The Morgan fingerprint density at radius 1 is 0.696 bits per heavy atom. The summed E-state index contributed by atoms with van der Waals surface area (Å²) in [5, 5.41) is 4.10. The standard InChI is InChI=1S/C41H68N2O3/c1-3-5-7-9-11-13-14-15-16-17-18-19-21-23-25-29-33-46-41(45)39(34-36-35-42-38-31-28-27-30-37(36)38)43-40(44)32-26-24-22-20-12-10-8-6-4-2/h15-16,27-28,30-31,35,39,42H,3-14,17-26,29,32-34H2,1-2H3,(H,43,44)/b16-15-. The number of hydrogen-bond acceptors (Lipinski definition) is 3. The Kier molecular flexibility index (Phi) is 23.7. The van der Waals surface area contributed by atoms with Crippen molar-refractivity contribution in [3.63, 3.8) is 0 Å². The van der Waals surface area contributed by atoms with Crippen molar-refractivity contribution in [3.8, 4) is 0 Å². The van der Waals surface area contributed by atoms with Crippen LogP contribution in [0.2, 0.25) is 0 Å². The zero-order chi connectivity index (χ0) is 32.9. The van der Waals surface area contributed by atoms with E-state index in [4.69, 9.17) is 4.74 Å². The predicted octanol–water partition coefficient (Wildman–Crippen LogP) is 11.7. The van der Waals surface area contributed by atoms with Crippen molar-refractivity contribution in [3.05, 3.63) is 48.2 Å². The average Bonchev–Trinajstić information content (AvgIpc) is 3.47. The summed E-state index contributed by atoms with van der Waals surface area (Å²) >= 11 is 0. The van der Waals surface area contributed by atoms with Crippen LogP contribution in [0.5, 0.6) is 0 Å². The fraction of sp³-hybridized carbons (Fsp3) is 0.707. The van der Waals surface area contributed by atoms with Crippen LogP contribution >= 0.6 is 0 Å². The molecule has 1 atom stereocenters. The third-order valence-electron chi connectivity index (χ3n) is 9.13. The number of esters is 1. The summed E-state index contributed by atoms with van der Waals surface area (Å²) < 4.78 is 5.71. The second-order valence-electron chi connectivity index (χ2n) is 13.4. The number of para-hydroxylation sites is 1. The van der Waals surface area contributed by atoms with E-state index in [1.807, 2.05) is 24.4 Å². The van der Waals surface area contributed by atoms with Crippen molar-refractivity contribution in [2.75, 3.05) is 6.61 Å². The zero-order valence-electron chi connectivity index (χ0n) is 29.7. The van der Waals surface area contributed by atoms with Gasteiger partial charge in [0, 0.05) is 29.9 Å². The zero-order valence-corrected chi connectivity index (χ0v) is 29.7. The van der Waals surface area contributed by atoms with E-state index in [-0.39, 0.29) is 11.9 Å². The Hall–Kier alpha value is -2.56. The minimum atomic E-state index is -0.667. The molecule has 2 rings (SSSR count). The molecule has 0 radical (unpaired) electrons. The molecule has 1 heterocycles. The van der Waals surface area contributed by atoms with Crippen LogP contribution in [0.15, 0.2) is 42.6 Å². The molecule has 1 amide bonds. The minimum absolute atomic E-state index is 0.0537. The van der Waals surface area contributed by atoms with E-state index in [1.54, 1.807) is 0 Å². The van der Waals surface area contributed by atoms with Crippen LogP contribution < -0.4 is 5.32 Å². The highest BCUT2D eigenvalue weighted by molar-refractivity contribution is 5.87. The van der Waals surface area contributed by atoms with Crippen molar-refractivity contribution in [2.24, 2.45) is 0 Å². The molecular formula is C41H68N2O3. The highest BCUT2D eigenvalue weighted by Gasteiger charge is 2.24. The Labute approximate surface area is 282 Å². The number of aromatic amines is 1. The third kappa shape index (κ3) is 19.2. The molecule has 5 heteroatoms. The van der Waals surface area contributed by atoms with Gasteiger partial charge in [-0.1, -0.05) is 153 Å². The van der Waals surface area contributed by atoms with Gasteiger partial charge < -0.3 is 15.0 Å². The third-order valence-corrected chi connectivity index (χ3v) is 9.13. The predicted molar refractivity (Wildman–Crippen MR) is 196 cm³/mol. The highest BCUT2D eigenvalue weighted by Crippen LogP contribution is 2.20. The van der Waals surface area contributed by atoms with Gasteiger partial charge in [0.2, 0.25) is 5.91 Å². The molecule has 2 N–H and O–H groups in total. The number of H-pyrrole nitrogens is 1. The Balaban J connectivity index is 1.63. The largest absolute Gasteiger partial charge is 0.464 e. The summed E-state index contributed by atoms with van der Waals surface area (Å²) in [7, 11) is 0. The number of ether oxygens (including phenoxy) is 1. The lowest BCUT2D eigenvalue weighted by molar-refractivity contribution is -0.148. The first-order valence-electron chi connectivity index (χ1n) is 19.3. The van der Waals surface area contributed by atoms with E-state index in [2.05, 4.69) is 42.4 Å². The van der Waals surface area contributed by atoms with Crippen LogP contribution in [0, 0.1) is 0 Å². The van der Waals surface area contributed by atoms with Gasteiger partial charge in [0.1, 0.15) is 6.04 Å². The van der Waals surface area contributed by atoms with E-state index in [0.717, 1.165) is 42.1 Å². The van der Waals surface area contributed by atoms with Crippen molar-refractivity contribution < 1.29 is 14.3 Å². The van der Waals surface area contributed by atoms with Crippen molar-refractivity contribution in [1.29, 1.82) is 0 Å². The number of rotatable bonds is 30. The summed E-state index contributed by atoms with van der Waals surface area (Å²) in [5.41, 5.74) is 2.06. The fourth-order valence-corrected chi connectivity index (χ4v) is 6.20. The number of aromatic nitrogens is 1. The molecule has 0 saturated carbocycles. The summed E-state index contributed by atoms with van der Waals surface area (Å²) in [6, 6.07) is 7.42. The van der Waals surface area contributed by atoms with Gasteiger partial charge in [-0.3, -0.25) is 4.79 Å². The van der Waals surface area contributed by atoms with Gasteiger partial charge in [-0.2, -0.15) is 0 Å². The summed E-state index contributed by atoms with van der Waals surface area (Å²) in [6.45, 7) is 4.93. The maximum absolute atomic E-state index is 13.2. The molecule has 1 unspecified atom stereocenters. The molecule has 0 saturated heterocycles. The molecule has 0 bridgehead atoms. The maximum Gasteiger partial charge on any atom is 0.328 e. The molecular weight excluding hydrogens is 568 g/mol. The monoisotopic (exact) mass is 637 g/mol. The molecule has 1 aromatic heterocycles. The molecule has 0 spiro atoms. The van der Waals surface area contributed by atoms with Crippen LogP contribution in [-0.4, -0.2) is 29.5 Å². The van der Waals surface area contributed by atoms with Gasteiger partial charge in [-0.05, 0) is 50.2 Å². The second kappa shape index (κ2) is 27.5. The normalized spacial score (nSPS) is 12.2. The molecule has 1 aromatic carbocycles. The molecule has 0 aliphatic rings. The van der Waals surface area contributed by atoms with Crippen molar-refractivity contribution >= 4 is 22.8 Å². The molecule has 0 aliphatic carbocycles. The highest BCUT2D eigenvalue weighted by atomic mass is 16.5. The Morgan fingerprint density at radius 2 is 1.22 bits per heavy atom. The van der Waals surface area contributed by atoms with Gasteiger partial charge in [-0.25, -0.2) is 4.79 Å². The van der Waals surface area contributed by atoms with Crippen LogP contribution in [0.3, 0.4) is 0 Å². The minimum Gasteiger partial charge on any atom is -0.464 e. The van der Waals surface area contributed by atoms with E-state index in [9.17, 15) is 9.59 Å². The molecule has 46 heavy (non-hydrogen) atoms. The van der Waals surface area contributed by atoms with E-state index >= 15 is 0 Å². The van der Waals surface area contributed by atoms with Gasteiger partial charge in [0.15, 0.2) is 0 Å². The Morgan fingerprint density at radius 3 is 1.83 bits per heavy atom. The number of allylic oxidation sites excluding steroid dienone is 2. The summed E-state index contributed by atoms with van der Waals surface area (Å²) in [5.74, 6) is -0.375. The van der Waals surface area contributed by atoms with E-state index < -0.39 is 6.04 Å². The lowest BCUT2D eigenvalue weighted by Crippen LogP contribution is -2.43. The van der Waals surface area contributed by atoms with E-state index in [1.165, 1.54) is 122 Å². The number of nitrogens with one attached hydrogen (secondary N) is 2. The van der Waals surface area contributed by atoms with Gasteiger partial charge >= 0.3 is 5.97 Å². The Bertz CT molecular complexity index is 1060. The number of amides is 1. The van der Waals surface area contributed by atoms with Gasteiger partial charge in [-0.15, -0.1) is 0 Å². The molecule has 260 valence electrons. The van der Waals surface area contributed by atoms with E-state index in [0.29, 0.717) is 19.4 Å². The average molecular weight is 637 g/mol. The van der Waals surface area contributed by atoms with Crippen molar-refractivity contribution in [1.82, 2.24) is 10.3 Å². The molecule has 2 aromatic rings. The number of hydrogen-bond donors (Lipinski definition) is 2. The van der Waals surface area contributed by atoms with Gasteiger partial charge in [0.25, 0.3) is 0 Å². The quantitative estimate of drug-likeness (QED) is 0.0509. The molecule has 0 fully saturated rings. The first-order valence-corrected chi connectivity index (χ1v) is 19.3. The van der Waals surface area contributed by atoms with Crippen LogP contribution in [0.4, 0.5) is 0 Å². The van der Waals surface area contributed by atoms with Gasteiger partial charge in [0.05, 0.1) is 6.61 Å². The van der Waals surface area contributed by atoms with Crippen LogP contribution in [0.1, 0.15) is 174 Å². The topological polar surface area (TPSA) is 71.2 Å². The number of fused-ring (bicyclic) bond motifs is 1. The first-order chi connectivity index (χ1) is 22.7. The lowest BCUT2D eigenvalue weighted by Gasteiger charge is -2.18. The number of carbonyl (C=O) groups is 2. The second-order valence-corrected chi connectivity index (χ2v) is 13.4. The number of benzene rings is 1. The lowest BCUT2D eigenvalue weighted by atomic mass is 10.0. The molecule has 0 aliphatic heterocycles. The summed E-state index contributed by atoms with van der Waals surface area (Å²) in [6.07, 6.45) is 36.0. The van der Waals surface area contributed by atoms with Crippen molar-refractivity contribution in [2.45, 2.75) is 180 Å². The maximum atomic E-state index is 13.2. The number of carbonyl (C=O) groups excluding carboxylic acids is 2. The smallest absolute Gasteiger partial charge is 0.328 e. The first kappa shape index (κ1) is 39.6. The SMILES string of the molecule is CCCCCCCC/C=C\CCCCCCCCOC(=O)C(Cc1c[nH]c2ccccc12)NC(=O)CCCCCCCCCCC. The molecule has 5 nitrogen and oxygen atoms in total. The summed E-state index contributed by atoms with van der Waals surface area (Å²) in [4.78, 5) is 29.3. The fourth-order valence-electron chi connectivity index (χ4n) is 6.20.